The van der Waals surface area contributed by atoms with Crippen molar-refractivity contribution in [3.05, 3.63) is 194 Å². The molecule has 0 radical (unpaired) electrons. The fourth-order valence-electron chi connectivity index (χ4n) is 8.37. The van der Waals surface area contributed by atoms with E-state index in [1.54, 1.807) is 15.3 Å². The first-order chi connectivity index (χ1) is 25.1. The van der Waals surface area contributed by atoms with Gasteiger partial charge in [-0.05, 0) is 0 Å². The van der Waals surface area contributed by atoms with Crippen LogP contribution in [-0.2, 0) is 38.5 Å². The third-order valence-electron chi connectivity index (χ3n) is 10.8. The minimum absolute atomic E-state index is 0. The van der Waals surface area contributed by atoms with Gasteiger partial charge in [0.1, 0.15) is 0 Å². The second-order valence-electron chi connectivity index (χ2n) is 16.5. The molecule has 0 fully saturated rings. The average Bonchev–Trinajstić information content (AvgIpc) is 3.82. The average molecular weight is 825 g/mol. The Kier molecular flexibility index (Phi) is 11.9. The van der Waals surface area contributed by atoms with E-state index in [-0.39, 0.29) is 35.6 Å². The summed E-state index contributed by atoms with van der Waals surface area (Å²) in [5.41, 5.74) is 16.9. The zero-order valence-electron chi connectivity index (χ0n) is 32.2. The maximum absolute atomic E-state index is 3.00. The fraction of sp³-hybridized carbons (Fsp3) is 0.196. The summed E-state index contributed by atoms with van der Waals surface area (Å²) in [6, 6.07) is 52.8. The standard InChI is InChI=1S/C33H33.C13H10.C5H5.2ClH.Zr/c1-32(2,3)30-20-26-24(18-28(30)22-13-9-7-10-14-22)17-25-19-29(23-15-11-8-12-16-23)31(21-27(25)26)33(4,5)6;1-3-7-12(8-4-1)11-13-9-5-2-6-10-13;1-2-4-5-3-1;;;/h7-16,18,20-21H,17H2,1-6H3;1-10H;1-3H,4H2;2*1H;. The van der Waals surface area contributed by atoms with Crippen LogP contribution in [0.15, 0.2) is 161 Å². The molecule has 6 aromatic carbocycles. The van der Waals surface area contributed by atoms with Crippen molar-refractivity contribution in [2.24, 2.45) is 0 Å². The van der Waals surface area contributed by atoms with Crippen LogP contribution in [0.1, 0.15) is 81.3 Å². The van der Waals surface area contributed by atoms with E-state index in [4.69, 9.17) is 0 Å². The molecule has 0 nitrogen and oxygen atoms in total. The number of fused-ring (bicyclic) bond motifs is 3. The maximum Gasteiger partial charge on any atom is -0.147 e. The Labute approximate surface area is 343 Å². The van der Waals surface area contributed by atoms with E-state index >= 15 is 0 Å². The number of halogens is 2. The molecule has 0 saturated carbocycles. The molecule has 272 valence electrons. The van der Waals surface area contributed by atoms with Gasteiger partial charge in [0, 0.05) is 0 Å². The molecule has 0 aliphatic heterocycles. The fourth-order valence-corrected chi connectivity index (χ4v) is 16.8. The Bertz CT molecular complexity index is 2330. The molecule has 0 saturated heterocycles. The van der Waals surface area contributed by atoms with Crippen LogP contribution in [0.3, 0.4) is 0 Å². The molecule has 8 rings (SSSR count). The van der Waals surface area contributed by atoms with Crippen LogP contribution < -0.4 is 3.27 Å². The van der Waals surface area contributed by atoms with E-state index in [1.807, 2.05) is 0 Å². The van der Waals surface area contributed by atoms with E-state index in [1.165, 1.54) is 61.2 Å². The molecule has 0 heterocycles. The van der Waals surface area contributed by atoms with Gasteiger partial charge < -0.3 is 0 Å². The zero-order chi connectivity index (χ0) is 36.0. The van der Waals surface area contributed by atoms with Crippen LogP contribution >= 0.6 is 24.8 Å². The van der Waals surface area contributed by atoms with Gasteiger partial charge in [-0.3, -0.25) is 0 Å². The van der Waals surface area contributed by atoms with Crippen molar-refractivity contribution in [3.8, 4) is 33.4 Å². The molecule has 0 amide bonds. The molecule has 2 aliphatic rings. The molecular weight excluding hydrogens is 775 g/mol. The van der Waals surface area contributed by atoms with Gasteiger partial charge in [-0.2, -0.15) is 0 Å². The van der Waals surface area contributed by atoms with Crippen LogP contribution in [0, 0.1) is 0 Å². The first-order valence-electron chi connectivity index (χ1n) is 18.8. The van der Waals surface area contributed by atoms with Crippen molar-refractivity contribution in [3.63, 3.8) is 0 Å². The summed E-state index contributed by atoms with van der Waals surface area (Å²) < 4.78 is 4.87. The van der Waals surface area contributed by atoms with Gasteiger partial charge in [-0.1, -0.05) is 0 Å². The first kappa shape index (κ1) is 39.8. The van der Waals surface area contributed by atoms with Gasteiger partial charge in [-0.15, -0.1) is 24.8 Å². The van der Waals surface area contributed by atoms with Crippen molar-refractivity contribution >= 4 is 31.3 Å². The molecule has 0 unspecified atom stereocenters. The monoisotopic (exact) mass is 822 g/mol. The Morgan fingerprint density at radius 1 is 0.537 bits per heavy atom. The van der Waals surface area contributed by atoms with Crippen molar-refractivity contribution in [2.45, 2.75) is 65.2 Å². The number of hydrogen-bond acceptors (Lipinski definition) is 0. The smallest absolute Gasteiger partial charge is 0.147 e. The summed E-state index contributed by atoms with van der Waals surface area (Å²) in [6.07, 6.45) is 9.17. The summed E-state index contributed by atoms with van der Waals surface area (Å²) in [5, 5.41) is 0. The molecule has 6 aromatic rings. The van der Waals surface area contributed by atoms with Crippen LogP contribution in [0.5, 0.6) is 0 Å². The van der Waals surface area contributed by atoms with Crippen molar-refractivity contribution < 1.29 is 21.3 Å². The SMILES string of the molecule is CC(C)(C)c1cc2c(cc1-c1ccccc1)Cc1c-2cc(C(C)(C)C)c(-c2ccccc2)[c]1[Zr]([C]1=CC=CC1)=[C](c1ccccc1)c1ccccc1.Cl.Cl. The van der Waals surface area contributed by atoms with Gasteiger partial charge in [-0.25, -0.2) is 0 Å². The molecule has 0 spiro atoms. The van der Waals surface area contributed by atoms with E-state index in [0.29, 0.717) is 0 Å². The summed E-state index contributed by atoms with van der Waals surface area (Å²) in [5.74, 6) is 0. The number of hydrogen-bond donors (Lipinski definition) is 0. The topological polar surface area (TPSA) is 0 Å². The molecule has 0 N–H and O–H groups in total. The second kappa shape index (κ2) is 16.1. The predicted octanol–water partition coefficient (Wildman–Crippen LogP) is 13.4. The van der Waals surface area contributed by atoms with E-state index in [2.05, 4.69) is 199 Å². The molecule has 0 bridgehead atoms. The Morgan fingerprint density at radius 3 is 1.54 bits per heavy atom. The summed E-state index contributed by atoms with van der Waals surface area (Å²) >= 11 is -3.00. The van der Waals surface area contributed by atoms with Crippen molar-refractivity contribution in [2.75, 3.05) is 0 Å². The number of benzene rings is 6. The summed E-state index contributed by atoms with van der Waals surface area (Å²) in [4.78, 5) is 0. The minimum Gasteiger partial charge on any atom is -0.147 e. The van der Waals surface area contributed by atoms with Crippen LogP contribution in [0.2, 0.25) is 0 Å². The minimum atomic E-state index is -3.00. The molecule has 3 heteroatoms. The van der Waals surface area contributed by atoms with Gasteiger partial charge in [0.2, 0.25) is 0 Å². The molecule has 54 heavy (non-hydrogen) atoms. The Hall–Kier alpha value is -3.87. The maximum atomic E-state index is 2.61. The predicted molar refractivity (Wildman–Crippen MR) is 235 cm³/mol. The van der Waals surface area contributed by atoms with Crippen molar-refractivity contribution in [1.29, 1.82) is 0 Å². The van der Waals surface area contributed by atoms with Gasteiger partial charge >= 0.3 is 321 Å². The van der Waals surface area contributed by atoms with Gasteiger partial charge in [0.25, 0.3) is 0 Å². The second-order valence-corrected chi connectivity index (χ2v) is 22.4. The van der Waals surface area contributed by atoms with Crippen LogP contribution in [0.4, 0.5) is 0 Å². The van der Waals surface area contributed by atoms with Gasteiger partial charge in [0.05, 0.1) is 0 Å². The largest absolute Gasteiger partial charge is 0.147 e. The third-order valence-corrected chi connectivity index (χ3v) is 18.5. The molecular formula is C51H50Cl2Zr. The van der Waals surface area contributed by atoms with Crippen LogP contribution in [-0.4, -0.2) is 3.21 Å². The first-order valence-corrected chi connectivity index (χ1v) is 22.5. The zero-order valence-corrected chi connectivity index (χ0v) is 36.3. The van der Waals surface area contributed by atoms with E-state index < -0.39 is 21.3 Å². The Balaban J connectivity index is 0.00000249. The summed E-state index contributed by atoms with van der Waals surface area (Å²) in [6.45, 7) is 14.4. The third kappa shape index (κ3) is 7.53. The van der Waals surface area contributed by atoms with Crippen molar-refractivity contribution in [1.82, 2.24) is 0 Å². The summed E-state index contributed by atoms with van der Waals surface area (Å²) in [7, 11) is 0. The van der Waals surface area contributed by atoms with E-state index in [0.717, 1.165) is 12.8 Å². The normalized spacial score (nSPS) is 13.0. The Morgan fingerprint density at radius 2 is 1.04 bits per heavy atom. The van der Waals surface area contributed by atoms with Gasteiger partial charge in [0.15, 0.2) is 0 Å². The van der Waals surface area contributed by atoms with E-state index in [9.17, 15) is 0 Å². The molecule has 0 atom stereocenters. The number of rotatable bonds is 6. The molecule has 0 aromatic heterocycles. The quantitative estimate of drug-likeness (QED) is 0.157. The molecule has 2 aliphatic carbocycles. The number of allylic oxidation sites excluding steroid dienone is 4. The van der Waals surface area contributed by atoms with Crippen LogP contribution in [0.25, 0.3) is 33.4 Å².